The van der Waals surface area contributed by atoms with Crippen molar-refractivity contribution in [3.63, 3.8) is 0 Å². The summed E-state index contributed by atoms with van der Waals surface area (Å²) in [6, 6.07) is 13.5. The number of esters is 1. The molecule has 0 spiro atoms. The van der Waals surface area contributed by atoms with Crippen molar-refractivity contribution < 1.29 is 84.3 Å². The molecule has 66 heavy (non-hydrogen) atoms. The topological polar surface area (TPSA) is 258 Å². The maximum Gasteiger partial charge on any atom is 0.414 e. The molecule has 1 aromatic heterocycles. The molecule has 0 radical (unpaired) electrons. The number of unbranched alkanes of at least 4 members (excludes halogenated alkanes) is 1. The van der Waals surface area contributed by atoms with E-state index in [1.165, 1.54) is 34.3 Å². The summed E-state index contributed by atoms with van der Waals surface area (Å²) in [5, 5.41) is 53.3. The van der Waals surface area contributed by atoms with Gasteiger partial charge in [-0.05, 0) is 68.4 Å². The van der Waals surface area contributed by atoms with Gasteiger partial charge in [-0.1, -0.05) is 36.7 Å². The third kappa shape index (κ3) is 15.1. The fourth-order valence-corrected chi connectivity index (χ4v) is 8.54. The SMILES string of the molecule is CCN(CCCCNC(=O)NC[C@H](O)[C@@H](O)[C@H](O)[C@H](O)CO)S(=O)(=O)c1ccc(Cl)c(COC2(c3c[n+](COC(=O)N(C)CCOC(C)=O)ccc3-c3ccccc3OC3CC3)CC2)c1.[Cl-]. The monoisotopic (exact) mass is 985 g/mol. The molecule has 0 aliphatic heterocycles. The number of likely N-dealkylation sites (N-methyl/N-ethyl adjacent to an activating group) is 1. The molecule has 366 valence electrons. The molecule has 4 atom stereocenters. The summed E-state index contributed by atoms with van der Waals surface area (Å²) in [5.74, 6) is 0.288. The number of nitrogens with one attached hydrogen (secondary N) is 2. The van der Waals surface area contributed by atoms with Crippen LogP contribution in [0.5, 0.6) is 5.75 Å². The van der Waals surface area contributed by atoms with Gasteiger partial charge in [0.2, 0.25) is 10.0 Å². The third-order valence-corrected chi connectivity index (χ3v) is 13.4. The van der Waals surface area contributed by atoms with Gasteiger partial charge in [-0.3, -0.25) is 4.79 Å². The summed E-state index contributed by atoms with van der Waals surface area (Å²) >= 11 is 6.68. The Labute approximate surface area is 396 Å². The number of carbonyl (C=O) groups excluding carboxylic acids is 3. The van der Waals surface area contributed by atoms with Crippen molar-refractivity contribution in [2.24, 2.45) is 0 Å². The van der Waals surface area contributed by atoms with Gasteiger partial charge in [0.15, 0.2) is 12.4 Å². The highest BCUT2D eigenvalue weighted by Gasteiger charge is 2.49. The van der Waals surface area contributed by atoms with Crippen LogP contribution in [0.25, 0.3) is 11.1 Å². The summed E-state index contributed by atoms with van der Waals surface area (Å²) in [5.41, 5.74) is 2.23. The Morgan fingerprint density at radius 3 is 2.33 bits per heavy atom. The molecule has 0 bridgehead atoms. The van der Waals surface area contributed by atoms with Crippen molar-refractivity contribution >= 4 is 39.7 Å². The zero-order valence-electron chi connectivity index (χ0n) is 37.2. The van der Waals surface area contributed by atoms with E-state index < -0.39 is 71.3 Å². The van der Waals surface area contributed by atoms with Crippen LogP contribution in [0.2, 0.25) is 5.02 Å². The molecule has 3 amide bonds. The second-order valence-electron chi connectivity index (χ2n) is 16.1. The first-order valence-electron chi connectivity index (χ1n) is 21.6. The summed E-state index contributed by atoms with van der Waals surface area (Å²) in [7, 11) is -2.44. The lowest BCUT2D eigenvalue weighted by Crippen LogP contribution is -3.00. The predicted octanol–water partition coefficient (Wildman–Crippen LogP) is -0.839. The molecule has 7 N–H and O–H groups in total. The third-order valence-electron chi connectivity index (χ3n) is 11.0. The minimum atomic E-state index is -3.98. The molecule has 2 saturated carbocycles. The Balaban J connectivity index is 0.00000952. The summed E-state index contributed by atoms with van der Waals surface area (Å²) in [6.07, 6.45) is 0.350. The Bertz CT molecular complexity index is 2200. The first kappa shape index (κ1) is 54.3. The standard InChI is InChI=1S/C44H60ClN5O14S.ClH/c1-4-50(19-8-7-18-46-42(57)47-24-37(53)40(55)41(56)38(54)26-51)65(59,60)32-13-14-36(45)30(23-32)27-63-44(16-17-44)35-25-49(28-62-43(58)48(3)21-22-61-29(2)52)20-15-33(35)34-9-5-6-10-39(34)64-31-11-12-31;/h5-6,9-10,13-15,20,23,25,31,37-38,40-41,51,53-56H,4,7-8,11-12,16-19,21-22,24,26-28H2,1-3H3,(H-,46,47,57);1H/t37-,38+,40+,41+;/m0./s1. The van der Waals surface area contributed by atoms with E-state index in [-0.39, 0.29) is 69.5 Å². The van der Waals surface area contributed by atoms with Crippen LogP contribution in [0.15, 0.2) is 65.8 Å². The molecule has 2 aliphatic carbocycles. The van der Waals surface area contributed by atoms with E-state index in [1.54, 1.807) is 24.7 Å². The molecule has 0 saturated heterocycles. The van der Waals surface area contributed by atoms with Crippen LogP contribution in [-0.2, 0) is 48.0 Å². The number of aliphatic hydroxyl groups excluding tert-OH is 5. The van der Waals surface area contributed by atoms with Crippen molar-refractivity contribution in [2.75, 3.05) is 53.0 Å². The molecule has 2 aliphatic rings. The number of amides is 3. The first-order chi connectivity index (χ1) is 31.0. The van der Waals surface area contributed by atoms with Crippen LogP contribution >= 0.6 is 11.6 Å². The number of pyridine rings is 1. The molecule has 5 rings (SSSR count). The number of para-hydroxylation sites is 1. The Morgan fingerprint density at radius 1 is 0.955 bits per heavy atom. The molecule has 19 nitrogen and oxygen atoms in total. The number of sulfonamides is 1. The molecular formula is C44H61Cl2N5O14S. The molecule has 2 fully saturated rings. The zero-order valence-corrected chi connectivity index (χ0v) is 39.5. The van der Waals surface area contributed by atoms with Gasteiger partial charge in [0.25, 0.3) is 6.73 Å². The maximum absolute atomic E-state index is 13.9. The molecule has 3 aromatic rings. The van der Waals surface area contributed by atoms with Gasteiger partial charge < -0.3 is 72.4 Å². The first-order valence-corrected chi connectivity index (χ1v) is 23.4. The quantitative estimate of drug-likeness (QED) is 0.0294. The van der Waals surface area contributed by atoms with Crippen molar-refractivity contribution in [3.8, 4) is 16.9 Å². The van der Waals surface area contributed by atoms with Gasteiger partial charge in [0.1, 0.15) is 36.3 Å². The van der Waals surface area contributed by atoms with Crippen LogP contribution in [0.4, 0.5) is 9.59 Å². The number of rotatable bonds is 26. The number of aromatic nitrogens is 1. The summed E-state index contributed by atoms with van der Waals surface area (Å²) < 4.78 is 54.4. The molecule has 22 heteroatoms. The second-order valence-corrected chi connectivity index (χ2v) is 18.4. The lowest BCUT2D eigenvalue weighted by Gasteiger charge is -2.25. The van der Waals surface area contributed by atoms with E-state index in [4.69, 9.17) is 35.7 Å². The molecular weight excluding hydrogens is 925 g/mol. The predicted molar refractivity (Wildman–Crippen MR) is 235 cm³/mol. The van der Waals surface area contributed by atoms with E-state index in [2.05, 4.69) is 10.6 Å². The highest BCUT2D eigenvalue weighted by molar-refractivity contribution is 7.89. The number of halogens is 2. The van der Waals surface area contributed by atoms with Crippen molar-refractivity contribution in [3.05, 3.63) is 77.1 Å². The Morgan fingerprint density at radius 2 is 1.67 bits per heavy atom. The number of carbonyl (C=O) groups is 3. The van der Waals surface area contributed by atoms with Crippen LogP contribution in [-0.4, -0.2) is 145 Å². The smallest absolute Gasteiger partial charge is 0.414 e. The highest BCUT2D eigenvalue weighted by atomic mass is 35.5. The number of nitrogens with zero attached hydrogens (tertiary/aromatic N) is 3. The number of hydrogen-bond donors (Lipinski definition) is 7. The van der Waals surface area contributed by atoms with E-state index in [1.807, 2.05) is 36.5 Å². The zero-order chi connectivity index (χ0) is 47.3. The maximum atomic E-state index is 13.9. The fourth-order valence-electron chi connectivity index (χ4n) is 6.83. The Kier molecular flexibility index (Phi) is 20.7. The summed E-state index contributed by atoms with van der Waals surface area (Å²) in [6.45, 7) is 2.29. The summed E-state index contributed by atoms with van der Waals surface area (Å²) in [4.78, 5) is 37.5. The average molecular weight is 987 g/mol. The molecule has 2 aromatic carbocycles. The minimum Gasteiger partial charge on any atom is -1.00 e. The van der Waals surface area contributed by atoms with Crippen LogP contribution in [0.3, 0.4) is 0 Å². The van der Waals surface area contributed by atoms with E-state index in [9.17, 15) is 43.2 Å². The van der Waals surface area contributed by atoms with Gasteiger partial charge in [0, 0.05) is 62.4 Å². The lowest BCUT2D eigenvalue weighted by molar-refractivity contribution is -0.728. The van der Waals surface area contributed by atoms with Crippen molar-refractivity contribution in [2.45, 2.75) is 107 Å². The highest BCUT2D eigenvalue weighted by Crippen LogP contribution is 2.53. The van der Waals surface area contributed by atoms with E-state index in [0.717, 1.165) is 35.3 Å². The molecule has 0 unspecified atom stereocenters. The second kappa shape index (κ2) is 25.1. The Hall–Kier alpha value is -4.35. The van der Waals surface area contributed by atoms with Gasteiger partial charge in [-0.15, -0.1) is 0 Å². The normalized spacial score (nSPS) is 16.0. The van der Waals surface area contributed by atoms with Crippen LogP contribution in [0.1, 0.15) is 63.5 Å². The lowest BCUT2D eigenvalue weighted by atomic mass is 9.96. The average Bonchev–Trinajstić information content (AvgIpc) is 4.25. The van der Waals surface area contributed by atoms with Gasteiger partial charge >= 0.3 is 18.1 Å². The number of ether oxygens (including phenoxy) is 4. The number of benzene rings is 2. The van der Waals surface area contributed by atoms with Crippen LogP contribution < -0.4 is 32.3 Å². The van der Waals surface area contributed by atoms with Gasteiger partial charge in [-0.25, -0.2) is 18.0 Å². The number of urea groups is 1. The van der Waals surface area contributed by atoms with Crippen molar-refractivity contribution in [1.29, 1.82) is 0 Å². The number of hydrogen-bond acceptors (Lipinski definition) is 14. The molecule has 1 heterocycles. The fraction of sp³-hybridized carbons (Fsp3) is 0.545. The van der Waals surface area contributed by atoms with Crippen molar-refractivity contribution in [1.82, 2.24) is 19.8 Å². The largest absolute Gasteiger partial charge is 1.00 e. The van der Waals surface area contributed by atoms with Gasteiger partial charge in [-0.2, -0.15) is 8.87 Å². The van der Waals surface area contributed by atoms with Gasteiger partial charge in [0.05, 0.1) is 42.4 Å². The van der Waals surface area contributed by atoms with Crippen LogP contribution in [0, 0.1) is 0 Å². The minimum absolute atomic E-state index is 0. The van der Waals surface area contributed by atoms with E-state index >= 15 is 0 Å². The number of aliphatic hydroxyl groups is 5. The van der Waals surface area contributed by atoms with E-state index in [0.29, 0.717) is 36.3 Å².